The van der Waals surface area contributed by atoms with Gasteiger partial charge in [0.2, 0.25) is 5.88 Å². The number of hydrogen-bond donors (Lipinski definition) is 5. The molecule has 1 aliphatic heterocycles. The summed E-state index contributed by atoms with van der Waals surface area (Å²) < 4.78 is 6.12. The number of aromatic nitrogens is 2. The quantitative estimate of drug-likeness (QED) is 0.425. The first-order valence-corrected chi connectivity index (χ1v) is 5.15. The minimum atomic E-state index is -1.37. The van der Waals surface area contributed by atoms with Gasteiger partial charge in [-0.25, -0.2) is 4.98 Å². The molecule has 0 aliphatic carbocycles. The van der Waals surface area contributed by atoms with Crippen molar-refractivity contribution in [2.75, 3.05) is 6.61 Å². The molecule has 9 nitrogen and oxygen atoms in total. The first-order chi connectivity index (χ1) is 8.47. The average molecular weight is 275 g/mol. The maximum absolute atomic E-state index is 10.9. The number of amides is 1. The number of hydrogen-bond acceptors (Lipinski definition) is 7. The third kappa shape index (κ3) is 2.40. The Hall–Kier alpha value is -1.68. The molecule has 0 aromatic carbocycles. The largest absolute Gasteiger partial charge is 0.493 e. The van der Waals surface area contributed by atoms with Gasteiger partial charge in [-0.15, -0.1) is 0 Å². The average Bonchev–Trinajstić information content (AvgIpc) is 2.82. The van der Waals surface area contributed by atoms with Gasteiger partial charge in [0, 0.05) is 0 Å². The van der Waals surface area contributed by atoms with E-state index in [0.29, 0.717) is 0 Å². The molecule has 1 aromatic heterocycles. The van der Waals surface area contributed by atoms with E-state index in [4.69, 9.17) is 15.6 Å². The Kier molecular flexibility index (Phi) is 4.48. The highest BCUT2D eigenvalue weighted by molar-refractivity contribution is 5.92. The number of ether oxygens (including phenoxy) is 1. The topological polar surface area (TPSA) is 151 Å². The molecular weight excluding hydrogens is 258 g/mol. The minimum absolute atomic E-state index is 0. The van der Waals surface area contributed by atoms with Gasteiger partial charge in [0.25, 0.3) is 5.91 Å². The second-order valence-electron chi connectivity index (χ2n) is 3.92. The first-order valence-electron chi connectivity index (χ1n) is 5.15. The van der Waals surface area contributed by atoms with E-state index in [1.165, 1.54) is 0 Å². The van der Waals surface area contributed by atoms with Crippen molar-refractivity contribution >= 4 is 5.91 Å². The van der Waals surface area contributed by atoms with E-state index < -0.39 is 42.9 Å². The van der Waals surface area contributed by atoms with Gasteiger partial charge in [0.1, 0.15) is 24.6 Å². The van der Waals surface area contributed by atoms with Gasteiger partial charge in [-0.05, 0) is 0 Å². The summed E-state index contributed by atoms with van der Waals surface area (Å²) in [5.74, 6) is -1.50. The Balaban J connectivity index is 0.00000180. The zero-order chi connectivity index (χ0) is 13.4. The monoisotopic (exact) mass is 275 g/mol. The van der Waals surface area contributed by atoms with Crippen LogP contribution in [0.3, 0.4) is 0 Å². The molecule has 4 atom stereocenters. The molecule has 4 unspecified atom stereocenters. The van der Waals surface area contributed by atoms with Gasteiger partial charge in [-0.1, -0.05) is 7.43 Å². The van der Waals surface area contributed by atoms with Crippen LogP contribution in [-0.2, 0) is 4.74 Å². The maximum Gasteiger partial charge on any atom is 0.272 e. The van der Waals surface area contributed by atoms with Gasteiger partial charge < -0.3 is 30.9 Å². The van der Waals surface area contributed by atoms with Crippen LogP contribution in [0.4, 0.5) is 0 Å². The molecule has 1 amide bonds. The molecule has 0 spiro atoms. The van der Waals surface area contributed by atoms with E-state index in [2.05, 4.69) is 4.98 Å². The molecular formula is C10H17N3O6. The van der Waals surface area contributed by atoms with Gasteiger partial charge in [0.15, 0.2) is 11.9 Å². The molecule has 0 radical (unpaired) electrons. The van der Waals surface area contributed by atoms with E-state index in [9.17, 15) is 20.1 Å². The zero-order valence-electron chi connectivity index (χ0n) is 9.17. The number of carbonyl (C=O) groups excluding carboxylic acids is 1. The van der Waals surface area contributed by atoms with E-state index >= 15 is 0 Å². The summed E-state index contributed by atoms with van der Waals surface area (Å²) in [4.78, 5) is 14.5. The number of nitrogens with two attached hydrogens (primary N) is 1. The second-order valence-corrected chi connectivity index (χ2v) is 3.92. The van der Waals surface area contributed by atoms with E-state index in [1.54, 1.807) is 0 Å². The number of aliphatic hydroxyl groups excluding tert-OH is 3. The summed E-state index contributed by atoms with van der Waals surface area (Å²) >= 11 is 0. The summed E-state index contributed by atoms with van der Waals surface area (Å²) in [6.45, 7) is -0.493. The molecule has 2 heterocycles. The Morgan fingerprint density at radius 1 is 1.47 bits per heavy atom. The second kappa shape index (κ2) is 5.53. The maximum atomic E-state index is 10.9. The lowest BCUT2D eigenvalue weighted by Crippen LogP contribution is -2.33. The Morgan fingerprint density at radius 3 is 2.53 bits per heavy atom. The smallest absolute Gasteiger partial charge is 0.272 e. The number of carbonyl (C=O) groups is 1. The van der Waals surface area contributed by atoms with Crippen LogP contribution in [0.1, 0.15) is 24.1 Å². The number of aliphatic hydroxyl groups is 3. The van der Waals surface area contributed by atoms with Crippen LogP contribution < -0.4 is 5.73 Å². The summed E-state index contributed by atoms with van der Waals surface area (Å²) in [7, 11) is 0. The number of imidazole rings is 1. The van der Waals surface area contributed by atoms with Crippen LogP contribution in [0.15, 0.2) is 6.33 Å². The van der Waals surface area contributed by atoms with Gasteiger partial charge in [0.05, 0.1) is 6.61 Å². The molecule has 108 valence electrons. The SMILES string of the molecule is C.NC(=O)c1ncn(C2OC(CO)C(O)C2O)c1O. The van der Waals surface area contributed by atoms with Crippen molar-refractivity contribution in [3.05, 3.63) is 12.0 Å². The first kappa shape index (κ1) is 15.4. The van der Waals surface area contributed by atoms with E-state index in [1.807, 2.05) is 0 Å². The lowest BCUT2D eigenvalue weighted by molar-refractivity contribution is -0.0553. The number of primary amides is 1. The molecule has 9 heteroatoms. The van der Waals surface area contributed by atoms with E-state index in [0.717, 1.165) is 10.9 Å². The van der Waals surface area contributed by atoms with Crippen molar-refractivity contribution in [3.8, 4) is 5.88 Å². The summed E-state index contributed by atoms with van der Waals surface area (Å²) in [6.07, 6.45) is -3.76. The van der Waals surface area contributed by atoms with Crippen LogP contribution in [0.2, 0.25) is 0 Å². The van der Waals surface area contributed by atoms with Crippen molar-refractivity contribution in [2.45, 2.75) is 32.0 Å². The molecule has 19 heavy (non-hydrogen) atoms. The van der Waals surface area contributed by atoms with Crippen LogP contribution >= 0.6 is 0 Å². The highest BCUT2D eigenvalue weighted by atomic mass is 16.6. The fraction of sp³-hybridized carbons (Fsp3) is 0.600. The van der Waals surface area contributed by atoms with Crippen molar-refractivity contribution in [1.29, 1.82) is 0 Å². The fourth-order valence-electron chi connectivity index (χ4n) is 1.82. The summed E-state index contributed by atoms with van der Waals surface area (Å²) in [6, 6.07) is 0. The Morgan fingerprint density at radius 2 is 2.11 bits per heavy atom. The summed E-state index contributed by atoms with van der Waals surface area (Å²) in [5.41, 5.74) is 4.61. The van der Waals surface area contributed by atoms with Gasteiger partial charge in [-0.2, -0.15) is 0 Å². The predicted molar refractivity (Wildman–Crippen MR) is 62.2 cm³/mol. The van der Waals surface area contributed by atoms with Crippen LogP contribution in [0.25, 0.3) is 0 Å². The Labute approximate surface area is 108 Å². The van der Waals surface area contributed by atoms with Crippen molar-refractivity contribution in [1.82, 2.24) is 9.55 Å². The lowest BCUT2D eigenvalue weighted by atomic mass is 10.1. The normalized spacial score (nSPS) is 30.1. The molecule has 1 fully saturated rings. The third-order valence-corrected chi connectivity index (χ3v) is 2.79. The molecule has 1 saturated heterocycles. The highest BCUT2D eigenvalue weighted by Gasteiger charge is 2.44. The molecule has 1 aliphatic rings. The van der Waals surface area contributed by atoms with Crippen molar-refractivity contribution < 1.29 is 30.0 Å². The third-order valence-electron chi connectivity index (χ3n) is 2.79. The lowest BCUT2D eigenvalue weighted by Gasteiger charge is -2.16. The predicted octanol–water partition coefficient (Wildman–Crippen LogP) is -2.06. The summed E-state index contributed by atoms with van der Waals surface area (Å²) in [5, 5.41) is 37.9. The Bertz CT molecular complexity index is 462. The van der Waals surface area contributed by atoms with Crippen molar-refractivity contribution in [3.63, 3.8) is 0 Å². The fourth-order valence-corrected chi connectivity index (χ4v) is 1.82. The zero-order valence-corrected chi connectivity index (χ0v) is 9.17. The van der Waals surface area contributed by atoms with Crippen molar-refractivity contribution in [2.24, 2.45) is 5.73 Å². The number of nitrogens with zero attached hydrogens (tertiary/aromatic N) is 2. The van der Waals surface area contributed by atoms with Gasteiger partial charge >= 0.3 is 0 Å². The standard InChI is InChI=1S/C9H13N3O6.CH4/c10-7(16)4-8(17)12(2-11-4)9-6(15)5(14)3(1-13)18-9;/h2-3,5-6,9,13-15,17H,1H2,(H2,10,16);1H4. The molecule has 2 rings (SSSR count). The number of rotatable bonds is 3. The molecule has 0 saturated carbocycles. The van der Waals surface area contributed by atoms with Crippen LogP contribution in [0.5, 0.6) is 5.88 Å². The van der Waals surface area contributed by atoms with Gasteiger partial charge in [-0.3, -0.25) is 9.36 Å². The minimum Gasteiger partial charge on any atom is -0.493 e. The molecule has 6 N–H and O–H groups in total. The van der Waals surface area contributed by atoms with Crippen LogP contribution in [0, 0.1) is 0 Å². The highest BCUT2D eigenvalue weighted by Crippen LogP contribution is 2.32. The molecule has 1 aromatic rings. The van der Waals surface area contributed by atoms with E-state index in [-0.39, 0.29) is 13.1 Å². The van der Waals surface area contributed by atoms with Crippen LogP contribution in [-0.4, -0.2) is 60.8 Å². The number of aromatic hydroxyl groups is 1. The molecule has 0 bridgehead atoms.